The van der Waals surface area contributed by atoms with Crippen molar-refractivity contribution < 1.29 is 61.9 Å². The van der Waals surface area contributed by atoms with Crippen LogP contribution in [-0.2, 0) is 14.3 Å². The van der Waals surface area contributed by atoms with Crippen molar-refractivity contribution in [1.29, 1.82) is 0 Å². The SMILES string of the molecule is [2H]C([2H])([2H])C([2H])([2H])C([2H])([2H])C([2H])([2H])C([2H])([2H])C([2H])([2H])C([2H])([2H])C([2H])([2H])C([2H])([2H])C([2H])([2H])C([2H])([2H])C([2H])([2H])C([2H])([2H])C([2H])([2H])C([2H])([2H])C(=O)OC(CCCCCC)CCCCCCCCCCC(=O)O. The molecule has 38 heavy (non-hydrogen) atoms. The first-order chi connectivity index (χ1) is 30.3. The minimum atomic E-state index is -5.14. The van der Waals surface area contributed by atoms with Crippen LogP contribution >= 0.6 is 0 Å². The first-order valence-corrected chi connectivity index (χ1v) is 13.2. The van der Waals surface area contributed by atoms with Gasteiger partial charge in [-0.1, -0.05) is 148 Å². The Morgan fingerprint density at radius 2 is 1.11 bits per heavy atom. The smallest absolute Gasteiger partial charge is 0.306 e. The molecule has 226 valence electrons. The zero-order valence-corrected chi connectivity index (χ0v) is 22.4. The van der Waals surface area contributed by atoms with Crippen LogP contribution in [0.5, 0.6) is 0 Å². The Morgan fingerprint density at radius 1 is 0.658 bits per heavy atom. The van der Waals surface area contributed by atoms with Gasteiger partial charge in [-0.05, 0) is 38.5 Å². The van der Waals surface area contributed by atoms with Crippen LogP contribution < -0.4 is 0 Å². The number of aliphatic carboxylic acids is 1. The van der Waals surface area contributed by atoms with Gasteiger partial charge in [0, 0.05) is 55.3 Å². The van der Waals surface area contributed by atoms with E-state index in [1.807, 2.05) is 6.92 Å². The Hall–Kier alpha value is -1.06. The molecular formula is C34H66O4. The monoisotopic (exact) mass is 570 g/mol. The number of carbonyl (C=O) groups excluding carboxylic acids is 1. The number of carbonyl (C=O) groups is 2. The first-order valence-electron chi connectivity index (χ1n) is 28.7. The molecule has 0 aliphatic heterocycles. The summed E-state index contributed by atoms with van der Waals surface area (Å²) in [5, 5.41) is 8.76. The molecule has 4 heteroatoms. The van der Waals surface area contributed by atoms with Crippen LogP contribution in [0.1, 0.15) is 242 Å². The number of carboxylic acid groups (broad SMARTS) is 1. The van der Waals surface area contributed by atoms with Crippen molar-refractivity contribution in [2.45, 2.75) is 205 Å². The molecule has 0 aliphatic carbocycles. The van der Waals surface area contributed by atoms with E-state index in [0.29, 0.717) is 32.1 Å². The average Bonchev–Trinajstić information content (AvgIpc) is 3.18. The van der Waals surface area contributed by atoms with Crippen molar-refractivity contribution in [3.05, 3.63) is 0 Å². The standard InChI is InChI=1S/C34H66O4/c1-3-5-7-9-10-11-12-13-14-15-20-23-27-31-34(37)38-32(28-24-8-6-4-2)29-25-21-18-16-17-19-22-26-30-33(35)36/h32H,3-31H2,1-2H3,(H,35,36)/i1D3,3D2,5D2,7D2,9D2,10D2,11D2,12D2,13D2,14D2,15D2,20D2,23D2,27D2,31D2. The van der Waals surface area contributed by atoms with Gasteiger partial charge in [-0.15, -0.1) is 0 Å². The molecule has 0 bridgehead atoms. The molecule has 1 N–H and O–H groups in total. The van der Waals surface area contributed by atoms with Crippen molar-refractivity contribution in [1.82, 2.24) is 0 Å². The van der Waals surface area contributed by atoms with Gasteiger partial charge in [0.15, 0.2) is 0 Å². The fourth-order valence-electron chi connectivity index (χ4n) is 3.38. The Morgan fingerprint density at radius 3 is 1.61 bits per heavy atom. The highest BCUT2D eigenvalue weighted by Crippen LogP contribution is 2.18. The van der Waals surface area contributed by atoms with Gasteiger partial charge < -0.3 is 9.84 Å². The summed E-state index contributed by atoms with van der Waals surface area (Å²) >= 11 is 0. The van der Waals surface area contributed by atoms with Gasteiger partial charge in [0.25, 0.3) is 0 Å². The van der Waals surface area contributed by atoms with Crippen LogP contribution in [-0.4, -0.2) is 23.1 Å². The van der Waals surface area contributed by atoms with E-state index < -0.39 is 114 Å². The number of hydrogen-bond acceptors (Lipinski definition) is 3. The van der Waals surface area contributed by atoms with E-state index >= 15 is 0 Å². The van der Waals surface area contributed by atoms with Gasteiger partial charge in [0.2, 0.25) is 0 Å². The summed E-state index contributed by atoms with van der Waals surface area (Å²) < 4.78 is 260. The quantitative estimate of drug-likeness (QED) is 0.0666. The van der Waals surface area contributed by atoms with Crippen LogP contribution in [0.25, 0.3) is 0 Å². The van der Waals surface area contributed by atoms with Gasteiger partial charge in [-0.25, -0.2) is 0 Å². The fraction of sp³-hybridized carbons (Fsp3) is 0.941. The predicted octanol–water partition coefficient (Wildman–Crippen LogP) is 11.3. The topological polar surface area (TPSA) is 63.6 Å². The lowest BCUT2D eigenvalue weighted by atomic mass is 10.0. The van der Waals surface area contributed by atoms with Crippen LogP contribution in [0, 0.1) is 0 Å². The molecule has 0 radical (unpaired) electrons. The molecule has 0 aromatic heterocycles. The largest absolute Gasteiger partial charge is 0.481 e. The second kappa shape index (κ2) is 30.5. The minimum absolute atomic E-state index is 0.0642. The first kappa shape index (κ1) is 10.6. The number of rotatable bonds is 31. The van der Waals surface area contributed by atoms with Gasteiger partial charge >= 0.3 is 11.9 Å². The van der Waals surface area contributed by atoms with Gasteiger partial charge in [0.05, 0.1) is 0 Å². The summed E-state index contributed by atoms with van der Waals surface area (Å²) in [6.07, 6.45) is -60.9. The van der Waals surface area contributed by atoms with Crippen molar-refractivity contribution >= 4 is 11.9 Å². The summed E-state index contributed by atoms with van der Waals surface area (Å²) in [6, 6.07) is 0. The third-order valence-corrected chi connectivity index (χ3v) is 5.23. The van der Waals surface area contributed by atoms with Gasteiger partial charge in [-0.2, -0.15) is 0 Å². The zero-order valence-electron chi connectivity index (χ0n) is 53.4. The molecule has 0 rings (SSSR count). The van der Waals surface area contributed by atoms with Gasteiger partial charge in [-0.3, -0.25) is 9.59 Å². The highest BCUT2D eigenvalue weighted by atomic mass is 16.5. The molecule has 0 aliphatic rings. The highest BCUT2D eigenvalue weighted by molar-refractivity contribution is 5.69. The van der Waals surface area contributed by atoms with E-state index in [4.69, 9.17) is 52.3 Å². The molecule has 1 unspecified atom stereocenters. The number of carboxylic acids is 1. The number of hydrogen-bond donors (Lipinski definition) is 1. The summed E-state index contributed by atoms with van der Waals surface area (Å²) in [6.45, 7) is -2.21. The van der Waals surface area contributed by atoms with E-state index in [1.54, 1.807) is 0 Å². The molecule has 0 aromatic carbocycles. The Kier molecular flexibility index (Phi) is 8.54. The van der Waals surface area contributed by atoms with Crippen molar-refractivity contribution in [3.8, 4) is 0 Å². The summed E-state index contributed by atoms with van der Waals surface area (Å²) in [5.74, 6) is -2.98. The molecule has 0 aromatic rings. The van der Waals surface area contributed by atoms with Gasteiger partial charge in [0.1, 0.15) is 6.10 Å². The maximum Gasteiger partial charge on any atom is 0.306 e. The molecular weight excluding hydrogens is 472 g/mol. The zero-order chi connectivity index (χ0) is 55.5. The molecule has 0 spiro atoms. The second-order valence-corrected chi connectivity index (χ2v) is 8.39. The maximum atomic E-state index is 13.5. The summed E-state index contributed by atoms with van der Waals surface area (Å²) in [5.41, 5.74) is 0. The fourth-order valence-corrected chi connectivity index (χ4v) is 3.38. The Bertz CT molecular complexity index is 1690. The van der Waals surface area contributed by atoms with E-state index in [2.05, 4.69) is 0 Å². The van der Waals surface area contributed by atoms with E-state index in [0.717, 1.165) is 44.9 Å². The molecule has 0 fully saturated rings. The minimum Gasteiger partial charge on any atom is -0.481 e. The van der Waals surface area contributed by atoms with Crippen LogP contribution in [0.3, 0.4) is 0 Å². The lowest BCUT2D eigenvalue weighted by Crippen LogP contribution is -2.18. The van der Waals surface area contributed by atoms with E-state index in [9.17, 15) is 9.59 Å². The average molecular weight is 570 g/mol. The predicted molar refractivity (Wildman–Crippen MR) is 163 cm³/mol. The normalized spacial score (nSPS) is 29.8. The van der Waals surface area contributed by atoms with E-state index in [1.165, 1.54) is 0 Å². The van der Waals surface area contributed by atoms with E-state index in [-0.39, 0.29) is 19.3 Å². The lowest BCUT2D eigenvalue weighted by molar-refractivity contribution is -0.150. The van der Waals surface area contributed by atoms with Crippen molar-refractivity contribution in [3.63, 3.8) is 0 Å². The summed E-state index contributed by atoms with van der Waals surface area (Å²) in [4.78, 5) is 24.2. The Labute approximate surface area is 281 Å². The number of ether oxygens (including phenoxy) is 1. The molecule has 0 saturated carbocycles. The van der Waals surface area contributed by atoms with Crippen LogP contribution in [0.15, 0.2) is 0 Å². The lowest BCUT2D eigenvalue weighted by Gasteiger charge is -2.18. The van der Waals surface area contributed by atoms with Crippen LogP contribution in [0.2, 0.25) is 0 Å². The molecule has 0 amide bonds. The Balaban J connectivity index is 7.03. The second-order valence-electron chi connectivity index (χ2n) is 8.39. The third-order valence-electron chi connectivity index (χ3n) is 5.23. The number of esters is 1. The van der Waals surface area contributed by atoms with Crippen LogP contribution in [0.4, 0.5) is 0 Å². The molecule has 1 atom stereocenters. The maximum absolute atomic E-state index is 13.5. The molecule has 0 heterocycles. The molecule has 0 saturated heterocycles. The van der Waals surface area contributed by atoms with Crippen molar-refractivity contribution in [2.24, 2.45) is 0 Å². The molecule has 4 nitrogen and oxygen atoms in total. The van der Waals surface area contributed by atoms with Crippen molar-refractivity contribution in [2.75, 3.05) is 0 Å². The highest BCUT2D eigenvalue weighted by Gasteiger charge is 2.14. The number of unbranched alkanes of at least 4 members (excludes halogenated alkanes) is 10. The third kappa shape index (κ3) is 29.5. The summed E-state index contributed by atoms with van der Waals surface area (Å²) in [7, 11) is 0.